The highest BCUT2D eigenvalue weighted by molar-refractivity contribution is 6.30. The number of aryl methyl sites for hydroxylation is 1. The van der Waals surface area contributed by atoms with E-state index in [4.69, 9.17) is 11.6 Å². The monoisotopic (exact) mass is 344 g/mol. The van der Waals surface area contributed by atoms with Crippen LogP contribution in [0, 0.1) is 0 Å². The van der Waals surface area contributed by atoms with Crippen LogP contribution >= 0.6 is 11.6 Å². The molecular formula is C16H17ClN6O. The third-order valence-electron chi connectivity index (χ3n) is 3.58. The number of benzene rings is 1. The first-order chi connectivity index (χ1) is 11.7. The number of aromatic nitrogens is 5. The van der Waals surface area contributed by atoms with Gasteiger partial charge in [0.25, 0.3) is 0 Å². The topological polar surface area (TPSA) is 88.5 Å². The van der Waals surface area contributed by atoms with E-state index in [0.29, 0.717) is 31.0 Å². The minimum Gasteiger partial charge on any atom is -0.352 e. The summed E-state index contributed by atoms with van der Waals surface area (Å²) in [5.74, 6) is -0.00151. The van der Waals surface area contributed by atoms with Gasteiger partial charge in [0.05, 0.1) is 11.9 Å². The average Bonchev–Trinajstić information content (AvgIpc) is 3.25. The standard InChI is InChI=1S/C16H17ClN6O/c17-14-5-3-12(4-6-14)16-13(9-20-22-16)8-19-15(24)2-1-7-23-11-18-10-21-23/h3-6,9-11H,1-2,7-8H2,(H,19,24)(H,20,22). The van der Waals surface area contributed by atoms with E-state index < -0.39 is 0 Å². The molecule has 2 aromatic heterocycles. The lowest BCUT2D eigenvalue weighted by Crippen LogP contribution is -2.22. The minimum absolute atomic E-state index is 0.00151. The molecule has 0 fully saturated rings. The van der Waals surface area contributed by atoms with Gasteiger partial charge in [-0.2, -0.15) is 10.2 Å². The zero-order valence-corrected chi connectivity index (χ0v) is 13.7. The van der Waals surface area contributed by atoms with Crippen molar-refractivity contribution in [3.8, 4) is 11.3 Å². The molecule has 8 heteroatoms. The number of carbonyl (C=O) groups is 1. The molecule has 7 nitrogen and oxygen atoms in total. The fourth-order valence-electron chi connectivity index (χ4n) is 2.34. The average molecular weight is 345 g/mol. The smallest absolute Gasteiger partial charge is 0.220 e. The summed E-state index contributed by atoms with van der Waals surface area (Å²) in [6.07, 6.45) is 6.00. The third-order valence-corrected chi connectivity index (χ3v) is 3.84. The Hall–Kier alpha value is -2.67. The summed E-state index contributed by atoms with van der Waals surface area (Å²) >= 11 is 5.91. The van der Waals surface area contributed by atoms with Crippen molar-refractivity contribution < 1.29 is 4.79 Å². The maximum absolute atomic E-state index is 12.0. The van der Waals surface area contributed by atoms with E-state index in [2.05, 4.69) is 25.6 Å². The lowest BCUT2D eigenvalue weighted by atomic mass is 10.1. The third kappa shape index (κ3) is 4.20. The molecule has 0 atom stereocenters. The predicted molar refractivity (Wildman–Crippen MR) is 90.1 cm³/mol. The first-order valence-electron chi connectivity index (χ1n) is 7.59. The van der Waals surface area contributed by atoms with Crippen molar-refractivity contribution in [1.29, 1.82) is 0 Å². The highest BCUT2D eigenvalue weighted by Gasteiger charge is 2.09. The molecule has 24 heavy (non-hydrogen) atoms. The second kappa shape index (κ2) is 7.74. The summed E-state index contributed by atoms with van der Waals surface area (Å²) in [5.41, 5.74) is 2.80. The van der Waals surface area contributed by atoms with Crippen LogP contribution in [0.2, 0.25) is 5.02 Å². The van der Waals surface area contributed by atoms with E-state index in [0.717, 1.165) is 16.8 Å². The highest BCUT2D eigenvalue weighted by atomic mass is 35.5. The van der Waals surface area contributed by atoms with Crippen LogP contribution in [0.3, 0.4) is 0 Å². The molecule has 1 amide bonds. The number of hydrogen-bond acceptors (Lipinski definition) is 4. The fourth-order valence-corrected chi connectivity index (χ4v) is 2.47. The molecule has 2 N–H and O–H groups in total. The van der Waals surface area contributed by atoms with Crippen molar-refractivity contribution in [3.63, 3.8) is 0 Å². The molecule has 2 heterocycles. The van der Waals surface area contributed by atoms with Gasteiger partial charge in [-0.15, -0.1) is 0 Å². The molecule has 0 aliphatic rings. The molecule has 124 valence electrons. The molecule has 0 saturated carbocycles. The summed E-state index contributed by atoms with van der Waals surface area (Å²) in [6.45, 7) is 1.10. The van der Waals surface area contributed by atoms with Crippen LogP contribution in [-0.2, 0) is 17.9 Å². The number of carbonyl (C=O) groups excluding carboxylic acids is 1. The van der Waals surface area contributed by atoms with Gasteiger partial charge in [-0.3, -0.25) is 14.6 Å². The number of nitrogens with one attached hydrogen (secondary N) is 2. The fraction of sp³-hybridized carbons (Fsp3) is 0.250. The molecule has 0 aliphatic heterocycles. The first-order valence-corrected chi connectivity index (χ1v) is 7.97. The van der Waals surface area contributed by atoms with Crippen molar-refractivity contribution in [3.05, 3.63) is 53.7 Å². The van der Waals surface area contributed by atoms with Crippen molar-refractivity contribution >= 4 is 17.5 Å². The van der Waals surface area contributed by atoms with Crippen LogP contribution < -0.4 is 5.32 Å². The van der Waals surface area contributed by atoms with Crippen LogP contribution in [0.1, 0.15) is 18.4 Å². The first kappa shape index (κ1) is 16.2. The Balaban J connectivity index is 1.50. The van der Waals surface area contributed by atoms with E-state index in [1.807, 2.05) is 24.3 Å². The molecule has 1 aromatic carbocycles. The zero-order valence-electron chi connectivity index (χ0n) is 12.9. The molecule has 0 aliphatic carbocycles. The van der Waals surface area contributed by atoms with Gasteiger partial charge in [0.1, 0.15) is 12.7 Å². The Kier molecular flexibility index (Phi) is 5.22. The highest BCUT2D eigenvalue weighted by Crippen LogP contribution is 2.22. The molecule has 3 aromatic rings. The predicted octanol–water partition coefficient (Wildman–Crippen LogP) is 2.42. The largest absolute Gasteiger partial charge is 0.352 e. The second-order valence-corrected chi connectivity index (χ2v) is 5.75. The molecule has 3 rings (SSSR count). The number of rotatable bonds is 7. The van der Waals surface area contributed by atoms with Crippen LogP contribution in [-0.4, -0.2) is 30.9 Å². The Morgan fingerprint density at radius 3 is 2.88 bits per heavy atom. The van der Waals surface area contributed by atoms with Crippen molar-refractivity contribution in [2.45, 2.75) is 25.9 Å². The van der Waals surface area contributed by atoms with Crippen molar-refractivity contribution in [2.75, 3.05) is 0 Å². The maximum atomic E-state index is 12.0. The van der Waals surface area contributed by atoms with Gasteiger partial charge < -0.3 is 5.32 Å². The van der Waals surface area contributed by atoms with Gasteiger partial charge in [-0.05, 0) is 24.1 Å². The van der Waals surface area contributed by atoms with Gasteiger partial charge in [-0.25, -0.2) is 4.98 Å². The van der Waals surface area contributed by atoms with Gasteiger partial charge >= 0.3 is 0 Å². The number of aromatic amines is 1. The molecule has 0 saturated heterocycles. The van der Waals surface area contributed by atoms with Crippen molar-refractivity contribution in [2.24, 2.45) is 0 Å². The number of hydrogen-bond donors (Lipinski definition) is 2. The van der Waals surface area contributed by atoms with Crippen LogP contribution in [0.15, 0.2) is 43.1 Å². The van der Waals surface area contributed by atoms with E-state index >= 15 is 0 Å². The molecule has 0 unspecified atom stereocenters. The number of nitrogens with zero attached hydrogens (tertiary/aromatic N) is 4. The number of halogens is 1. The Morgan fingerprint density at radius 1 is 1.29 bits per heavy atom. The van der Waals surface area contributed by atoms with Gasteiger partial charge in [0.15, 0.2) is 0 Å². The summed E-state index contributed by atoms with van der Waals surface area (Å²) in [6, 6.07) is 7.48. The Morgan fingerprint density at radius 2 is 2.12 bits per heavy atom. The second-order valence-electron chi connectivity index (χ2n) is 5.32. The van der Waals surface area contributed by atoms with Gasteiger partial charge in [0, 0.05) is 30.1 Å². The summed E-state index contributed by atoms with van der Waals surface area (Å²) in [4.78, 5) is 15.8. The summed E-state index contributed by atoms with van der Waals surface area (Å²) in [7, 11) is 0. The zero-order chi connectivity index (χ0) is 16.8. The summed E-state index contributed by atoms with van der Waals surface area (Å²) < 4.78 is 1.71. The Labute approximate surface area is 144 Å². The number of amides is 1. The van der Waals surface area contributed by atoms with Crippen molar-refractivity contribution in [1.82, 2.24) is 30.3 Å². The molecule has 0 spiro atoms. The van der Waals surface area contributed by atoms with Crippen LogP contribution in [0.5, 0.6) is 0 Å². The van der Waals surface area contributed by atoms with Gasteiger partial charge in [0.2, 0.25) is 5.91 Å². The van der Waals surface area contributed by atoms with E-state index in [-0.39, 0.29) is 5.91 Å². The Bertz CT molecular complexity index is 781. The lowest BCUT2D eigenvalue weighted by Gasteiger charge is -2.06. The SMILES string of the molecule is O=C(CCCn1cncn1)NCc1cn[nH]c1-c1ccc(Cl)cc1. The minimum atomic E-state index is -0.00151. The molecule has 0 bridgehead atoms. The maximum Gasteiger partial charge on any atom is 0.220 e. The lowest BCUT2D eigenvalue weighted by molar-refractivity contribution is -0.121. The quantitative estimate of drug-likeness (QED) is 0.689. The summed E-state index contributed by atoms with van der Waals surface area (Å²) in [5, 5.41) is 14.6. The van der Waals surface area contributed by atoms with E-state index in [1.165, 1.54) is 6.33 Å². The normalized spacial score (nSPS) is 10.7. The van der Waals surface area contributed by atoms with Gasteiger partial charge in [-0.1, -0.05) is 23.7 Å². The van der Waals surface area contributed by atoms with Crippen LogP contribution in [0.4, 0.5) is 0 Å². The molecule has 0 radical (unpaired) electrons. The molecular weight excluding hydrogens is 328 g/mol. The van der Waals surface area contributed by atoms with E-state index in [1.54, 1.807) is 17.2 Å². The number of H-pyrrole nitrogens is 1. The van der Waals surface area contributed by atoms with E-state index in [9.17, 15) is 4.79 Å². The van der Waals surface area contributed by atoms with Crippen LogP contribution in [0.25, 0.3) is 11.3 Å².